The molecule has 0 atom stereocenters. The van der Waals surface area contributed by atoms with Crippen LogP contribution in [0.1, 0.15) is 19.4 Å². The van der Waals surface area contributed by atoms with Crippen molar-refractivity contribution < 1.29 is 4.79 Å². The third-order valence-corrected chi connectivity index (χ3v) is 4.11. The molecule has 4 nitrogen and oxygen atoms in total. The maximum atomic E-state index is 12.4. The lowest BCUT2D eigenvalue weighted by molar-refractivity contribution is -0.123. The second kappa shape index (κ2) is 6.05. The van der Waals surface area contributed by atoms with E-state index in [4.69, 9.17) is 11.6 Å². The maximum Gasteiger partial charge on any atom is 0.240 e. The molecule has 0 saturated heterocycles. The molecule has 1 N–H and O–H groups in total. The molecule has 0 bridgehead atoms. The van der Waals surface area contributed by atoms with Crippen molar-refractivity contribution in [1.29, 1.82) is 0 Å². The number of amides is 1. The average Bonchev–Trinajstić information content (AvgIpc) is 2.90. The van der Waals surface area contributed by atoms with Gasteiger partial charge in [0.15, 0.2) is 0 Å². The van der Waals surface area contributed by atoms with Gasteiger partial charge in [-0.25, -0.2) is 4.98 Å². The first-order chi connectivity index (χ1) is 11.0. The van der Waals surface area contributed by atoms with E-state index in [1.165, 1.54) is 0 Å². The summed E-state index contributed by atoms with van der Waals surface area (Å²) in [5.74, 6) is -0.0619. The molecule has 1 aromatic heterocycles. The van der Waals surface area contributed by atoms with Gasteiger partial charge in [-0.05, 0) is 43.7 Å². The highest BCUT2D eigenvalue weighted by atomic mass is 35.5. The molecule has 0 saturated carbocycles. The summed E-state index contributed by atoms with van der Waals surface area (Å²) >= 11 is 5.92. The van der Waals surface area contributed by atoms with E-state index in [9.17, 15) is 4.79 Å². The number of imidazole rings is 1. The summed E-state index contributed by atoms with van der Waals surface area (Å²) in [4.78, 5) is 16.7. The average molecular weight is 328 g/mol. The molecule has 3 aromatic rings. The first kappa shape index (κ1) is 15.6. The Labute approximate surface area is 140 Å². The van der Waals surface area contributed by atoms with Crippen molar-refractivity contribution in [2.24, 2.45) is 0 Å². The fourth-order valence-corrected chi connectivity index (χ4v) is 2.74. The van der Waals surface area contributed by atoms with E-state index in [0.717, 1.165) is 16.6 Å². The van der Waals surface area contributed by atoms with E-state index < -0.39 is 5.54 Å². The van der Waals surface area contributed by atoms with Crippen molar-refractivity contribution in [3.05, 3.63) is 65.4 Å². The van der Waals surface area contributed by atoms with E-state index in [-0.39, 0.29) is 12.5 Å². The number of aromatic nitrogens is 2. The Morgan fingerprint density at radius 3 is 2.61 bits per heavy atom. The molecule has 0 aliphatic heterocycles. The van der Waals surface area contributed by atoms with Crippen LogP contribution in [0.4, 0.5) is 0 Å². The number of hydrogen-bond acceptors (Lipinski definition) is 2. The third-order valence-electron chi connectivity index (χ3n) is 3.86. The number of fused-ring (bicyclic) bond motifs is 1. The van der Waals surface area contributed by atoms with Crippen molar-refractivity contribution >= 4 is 28.5 Å². The van der Waals surface area contributed by atoms with Gasteiger partial charge in [0.05, 0.1) is 22.9 Å². The standard InChI is InChI=1S/C18H18ClN3O/c1-18(2,13-7-9-14(19)10-8-13)21-17(23)11-22-12-20-15-5-3-4-6-16(15)22/h3-10,12H,11H2,1-2H3,(H,21,23). The third kappa shape index (κ3) is 3.37. The fourth-order valence-electron chi connectivity index (χ4n) is 2.62. The molecule has 0 fully saturated rings. The van der Waals surface area contributed by atoms with Gasteiger partial charge < -0.3 is 9.88 Å². The number of rotatable bonds is 4. The molecule has 3 rings (SSSR count). The minimum atomic E-state index is -0.474. The van der Waals surface area contributed by atoms with E-state index in [0.29, 0.717) is 5.02 Å². The van der Waals surface area contributed by atoms with E-state index >= 15 is 0 Å². The first-order valence-corrected chi connectivity index (χ1v) is 7.80. The molecule has 1 amide bonds. The summed E-state index contributed by atoms with van der Waals surface area (Å²) in [5.41, 5.74) is 2.37. The van der Waals surface area contributed by atoms with Crippen molar-refractivity contribution in [3.8, 4) is 0 Å². The maximum absolute atomic E-state index is 12.4. The van der Waals surface area contributed by atoms with E-state index in [2.05, 4.69) is 10.3 Å². The van der Waals surface area contributed by atoms with Crippen LogP contribution in [-0.4, -0.2) is 15.5 Å². The lowest BCUT2D eigenvalue weighted by Gasteiger charge is -2.27. The van der Waals surface area contributed by atoms with Gasteiger partial charge in [-0.3, -0.25) is 4.79 Å². The zero-order valence-corrected chi connectivity index (χ0v) is 13.8. The molecule has 2 aromatic carbocycles. The molecule has 0 spiro atoms. The van der Waals surface area contributed by atoms with E-state index in [1.807, 2.05) is 66.9 Å². The van der Waals surface area contributed by atoms with Gasteiger partial charge in [0, 0.05) is 5.02 Å². The summed E-state index contributed by atoms with van der Waals surface area (Å²) in [5, 5.41) is 3.75. The Bertz CT molecular complexity index is 837. The summed E-state index contributed by atoms with van der Waals surface area (Å²) in [7, 11) is 0. The topological polar surface area (TPSA) is 46.9 Å². The van der Waals surface area contributed by atoms with Gasteiger partial charge in [-0.2, -0.15) is 0 Å². The van der Waals surface area contributed by atoms with Crippen molar-refractivity contribution in [3.63, 3.8) is 0 Å². The predicted octanol–water partition coefficient (Wildman–Crippen LogP) is 3.74. The zero-order valence-electron chi connectivity index (χ0n) is 13.1. The number of halogens is 1. The van der Waals surface area contributed by atoms with Crippen LogP contribution in [0, 0.1) is 0 Å². The number of para-hydroxylation sites is 2. The number of benzene rings is 2. The summed E-state index contributed by atoms with van der Waals surface area (Å²) < 4.78 is 1.85. The predicted molar refractivity (Wildman–Crippen MR) is 92.4 cm³/mol. The van der Waals surface area contributed by atoms with Crippen LogP contribution in [0.5, 0.6) is 0 Å². The van der Waals surface area contributed by atoms with Gasteiger partial charge in [-0.1, -0.05) is 35.9 Å². The SMILES string of the molecule is CC(C)(NC(=O)Cn1cnc2ccccc21)c1ccc(Cl)cc1. The monoisotopic (exact) mass is 327 g/mol. The van der Waals surface area contributed by atoms with Crippen molar-refractivity contribution in [1.82, 2.24) is 14.9 Å². The smallest absolute Gasteiger partial charge is 0.240 e. The molecule has 118 valence electrons. The molecule has 1 heterocycles. The highest BCUT2D eigenvalue weighted by Gasteiger charge is 2.23. The number of carbonyl (C=O) groups is 1. The Hall–Kier alpha value is -2.33. The lowest BCUT2D eigenvalue weighted by Crippen LogP contribution is -2.42. The van der Waals surface area contributed by atoms with Crippen LogP contribution in [0.25, 0.3) is 11.0 Å². The molecule has 0 aliphatic carbocycles. The second-order valence-corrected chi connectivity index (χ2v) is 6.48. The van der Waals surface area contributed by atoms with Crippen molar-refractivity contribution in [2.45, 2.75) is 25.9 Å². The van der Waals surface area contributed by atoms with Gasteiger partial charge in [0.25, 0.3) is 0 Å². The van der Waals surface area contributed by atoms with Crippen LogP contribution in [0.15, 0.2) is 54.9 Å². The molecule has 0 unspecified atom stereocenters. The Balaban J connectivity index is 1.74. The summed E-state index contributed by atoms with van der Waals surface area (Å²) in [6.45, 7) is 4.18. The van der Waals surface area contributed by atoms with Gasteiger partial charge in [0.1, 0.15) is 6.54 Å². The fraction of sp³-hybridized carbons (Fsp3) is 0.222. The van der Waals surface area contributed by atoms with E-state index in [1.54, 1.807) is 6.33 Å². The van der Waals surface area contributed by atoms with Gasteiger partial charge in [-0.15, -0.1) is 0 Å². The summed E-state index contributed by atoms with van der Waals surface area (Å²) in [6, 6.07) is 15.3. The van der Waals surface area contributed by atoms with Crippen LogP contribution < -0.4 is 5.32 Å². The van der Waals surface area contributed by atoms with Gasteiger partial charge in [0.2, 0.25) is 5.91 Å². The Morgan fingerprint density at radius 1 is 1.17 bits per heavy atom. The van der Waals surface area contributed by atoms with Crippen LogP contribution >= 0.6 is 11.6 Å². The number of hydrogen-bond donors (Lipinski definition) is 1. The Morgan fingerprint density at radius 2 is 1.87 bits per heavy atom. The van der Waals surface area contributed by atoms with Crippen LogP contribution in [0.2, 0.25) is 5.02 Å². The quantitative estimate of drug-likeness (QED) is 0.793. The van der Waals surface area contributed by atoms with Gasteiger partial charge >= 0.3 is 0 Å². The second-order valence-electron chi connectivity index (χ2n) is 6.04. The Kier molecular flexibility index (Phi) is 4.09. The summed E-state index contributed by atoms with van der Waals surface area (Å²) in [6.07, 6.45) is 1.69. The van der Waals surface area contributed by atoms with Crippen LogP contribution in [0.3, 0.4) is 0 Å². The molecular weight excluding hydrogens is 310 g/mol. The molecule has 5 heteroatoms. The zero-order chi connectivity index (χ0) is 16.4. The highest BCUT2D eigenvalue weighted by Crippen LogP contribution is 2.22. The van der Waals surface area contributed by atoms with Crippen molar-refractivity contribution in [2.75, 3.05) is 0 Å². The molecular formula is C18H18ClN3O. The normalized spacial score (nSPS) is 11.6. The largest absolute Gasteiger partial charge is 0.346 e. The minimum Gasteiger partial charge on any atom is -0.346 e. The molecule has 0 aliphatic rings. The van der Waals surface area contributed by atoms with Crippen LogP contribution in [-0.2, 0) is 16.9 Å². The lowest BCUT2D eigenvalue weighted by atomic mass is 9.94. The number of nitrogens with one attached hydrogen (secondary N) is 1. The minimum absolute atomic E-state index is 0.0619. The molecule has 0 radical (unpaired) electrons. The number of carbonyl (C=O) groups excluding carboxylic acids is 1. The molecule has 23 heavy (non-hydrogen) atoms. The first-order valence-electron chi connectivity index (χ1n) is 7.43. The highest BCUT2D eigenvalue weighted by molar-refractivity contribution is 6.30. The number of nitrogens with zero attached hydrogens (tertiary/aromatic N) is 2.